The van der Waals surface area contributed by atoms with Crippen LogP contribution in [0.15, 0.2) is 59.5 Å². The Morgan fingerprint density at radius 2 is 1.67 bits per heavy atom. The Morgan fingerprint density at radius 1 is 1.04 bits per heavy atom. The normalized spacial score (nSPS) is 12.2. The Labute approximate surface area is 169 Å². The van der Waals surface area contributed by atoms with Crippen LogP contribution in [0.4, 0.5) is 14.5 Å². The van der Waals surface area contributed by atoms with E-state index in [0.717, 1.165) is 18.8 Å². The number of benzene rings is 2. The molecule has 0 heterocycles. The highest BCUT2D eigenvalue weighted by molar-refractivity contribution is 7.99. The van der Waals surface area contributed by atoms with Crippen LogP contribution >= 0.6 is 24.0 Å². The summed E-state index contributed by atoms with van der Waals surface area (Å²) in [7, 11) is 0. The number of nitrogens with zero attached hydrogens (tertiary/aromatic N) is 1. The average Bonchev–Trinajstić information content (AvgIpc) is 2.67. The molecular weight excluding hydrogens is 384 g/mol. The molecule has 0 spiro atoms. The molecule has 2 rings (SSSR count). The second kappa shape index (κ2) is 11.2. The smallest absolute Gasteiger partial charge is 0.288 e. The van der Waals surface area contributed by atoms with Gasteiger partial charge in [-0.2, -0.15) is 8.78 Å². The lowest BCUT2D eigenvalue weighted by molar-refractivity contribution is 0.219. The highest BCUT2D eigenvalue weighted by atomic mass is 32.2. The van der Waals surface area contributed by atoms with E-state index in [9.17, 15) is 8.78 Å². The van der Waals surface area contributed by atoms with Crippen LogP contribution in [-0.4, -0.2) is 35.4 Å². The van der Waals surface area contributed by atoms with Crippen molar-refractivity contribution in [2.75, 3.05) is 25.0 Å². The van der Waals surface area contributed by atoms with E-state index < -0.39 is 5.76 Å². The van der Waals surface area contributed by atoms with Crippen molar-refractivity contribution >= 4 is 34.8 Å². The van der Waals surface area contributed by atoms with Gasteiger partial charge in [-0.05, 0) is 55.1 Å². The first kappa shape index (κ1) is 21.6. The minimum Gasteiger partial charge on any atom is -0.361 e. The molecule has 0 radical (unpaired) electrons. The van der Waals surface area contributed by atoms with Gasteiger partial charge in [0.2, 0.25) is 0 Å². The third kappa shape index (κ3) is 7.08. The number of rotatable bonds is 9. The molecule has 27 heavy (non-hydrogen) atoms. The van der Waals surface area contributed by atoms with Gasteiger partial charge in [-0.25, -0.2) is 0 Å². The van der Waals surface area contributed by atoms with Crippen molar-refractivity contribution in [2.45, 2.75) is 30.5 Å². The van der Waals surface area contributed by atoms with Crippen LogP contribution < -0.4 is 10.6 Å². The number of thiocarbonyl (C=S) groups is 1. The van der Waals surface area contributed by atoms with Crippen LogP contribution in [0.5, 0.6) is 0 Å². The van der Waals surface area contributed by atoms with Crippen LogP contribution in [-0.2, 0) is 0 Å². The third-order valence-electron chi connectivity index (χ3n) is 4.23. The van der Waals surface area contributed by atoms with Gasteiger partial charge in [0.1, 0.15) is 0 Å². The first-order valence-corrected chi connectivity index (χ1v) is 10.2. The Balaban J connectivity index is 1.95. The van der Waals surface area contributed by atoms with Gasteiger partial charge in [-0.1, -0.05) is 55.9 Å². The predicted octanol–water partition coefficient (Wildman–Crippen LogP) is 5.37. The molecule has 3 nitrogen and oxygen atoms in total. The lowest BCUT2D eigenvalue weighted by Crippen LogP contribution is -2.39. The van der Waals surface area contributed by atoms with Crippen LogP contribution in [0.25, 0.3) is 0 Å². The molecule has 146 valence electrons. The molecule has 0 saturated carbocycles. The van der Waals surface area contributed by atoms with Crippen molar-refractivity contribution in [2.24, 2.45) is 0 Å². The van der Waals surface area contributed by atoms with Crippen molar-refractivity contribution in [3.8, 4) is 0 Å². The Bertz CT molecular complexity index is 692. The molecule has 0 aliphatic heterocycles. The first-order chi connectivity index (χ1) is 13.0. The van der Waals surface area contributed by atoms with Gasteiger partial charge in [-0.3, -0.25) is 4.90 Å². The van der Waals surface area contributed by atoms with E-state index in [4.69, 9.17) is 12.2 Å². The quantitative estimate of drug-likeness (QED) is 0.429. The summed E-state index contributed by atoms with van der Waals surface area (Å²) in [6.07, 6.45) is 0. The van der Waals surface area contributed by atoms with E-state index in [1.165, 1.54) is 5.56 Å². The van der Waals surface area contributed by atoms with E-state index in [-0.39, 0.29) is 6.04 Å². The topological polar surface area (TPSA) is 27.3 Å². The second-order valence-electron chi connectivity index (χ2n) is 5.89. The van der Waals surface area contributed by atoms with E-state index in [1.807, 2.05) is 18.2 Å². The molecule has 2 N–H and O–H groups in total. The minimum absolute atomic E-state index is 0.214. The highest BCUT2D eigenvalue weighted by Crippen LogP contribution is 2.26. The molecule has 0 unspecified atom stereocenters. The maximum atomic E-state index is 12.4. The van der Waals surface area contributed by atoms with Gasteiger partial charge in [0.05, 0.1) is 6.04 Å². The molecule has 2 aromatic carbocycles. The molecule has 7 heteroatoms. The fourth-order valence-corrected chi connectivity index (χ4v) is 3.58. The average molecular weight is 410 g/mol. The van der Waals surface area contributed by atoms with Crippen molar-refractivity contribution in [1.82, 2.24) is 10.2 Å². The fraction of sp³-hybridized carbons (Fsp3) is 0.350. The maximum Gasteiger partial charge on any atom is 0.288 e. The summed E-state index contributed by atoms with van der Waals surface area (Å²) < 4.78 is 24.8. The van der Waals surface area contributed by atoms with Gasteiger partial charge < -0.3 is 10.6 Å². The number of thioether (sulfide) groups is 1. The highest BCUT2D eigenvalue weighted by Gasteiger charge is 2.18. The molecule has 1 atom stereocenters. The largest absolute Gasteiger partial charge is 0.361 e. The van der Waals surface area contributed by atoms with Crippen molar-refractivity contribution < 1.29 is 8.78 Å². The van der Waals surface area contributed by atoms with Gasteiger partial charge in [0.25, 0.3) is 5.76 Å². The summed E-state index contributed by atoms with van der Waals surface area (Å²) in [5.74, 6) is -2.42. The van der Waals surface area contributed by atoms with Gasteiger partial charge in [0.15, 0.2) is 5.11 Å². The van der Waals surface area contributed by atoms with Crippen molar-refractivity contribution in [3.63, 3.8) is 0 Å². The summed E-state index contributed by atoms with van der Waals surface area (Å²) in [5.41, 5.74) is 2.01. The molecule has 0 amide bonds. The van der Waals surface area contributed by atoms with Gasteiger partial charge >= 0.3 is 0 Å². The molecule has 0 aromatic heterocycles. The van der Waals surface area contributed by atoms with E-state index >= 15 is 0 Å². The zero-order valence-corrected chi connectivity index (χ0v) is 17.1. The zero-order chi connectivity index (χ0) is 19.6. The lowest BCUT2D eigenvalue weighted by Gasteiger charge is -2.30. The van der Waals surface area contributed by atoms with Crippen LogP contribution in [0, 0.1) is 0 Å². The summed E-state index contributed by atoms with van der Waals surface area (Å²) in [4.78, 5) is 2.90. The first-order valence-electron chi connectivity index (χ1n) is 8.92. The number of hydrogen-bond acceptors (Lipinski definition) is 3. The Kier molecular flexibility index (Phi) is 8.97. The number of anilines is 1. The molecule has 2 aromatic rings. The van der Waals surface area contributed by atoms with E-state index in [2.05, 4.69) is 41.5 Å². The summed E-state index contributed by atoms with van der Waals surface area (Å²) in [6, 6.07) is 17.4. The fourth-order valence-electron chi connectivity index (χ4n) is 2.88. The summed E-state index contributed by atoms with van der Waals surface area (Å²) in [6.45, 7) is 6.86. The van der Waals surface area contributed by atoms with Gasteiger partial charge in [0, 0.05) is 17.1 Å². The maximum absolute atomic E-state index is 12.4. The lowest BCUT2D eigenvalue weighted by atomic mass is 10.1. The standard InChI is InChI=1S/C20H25F2N3S2/c1-3-25(4-2)18(15-8-6-5-7-9-15)14-23-20(26)24-16-10-12-17(13-11-16)27-19(21)22/h5-13,18-19H,3-4,14H2,1-2H3,(H2,23,24,26)/t18-/m0/s1. The number of hydrogen-bond donors (Lipinski definition) is 2. The molecule has 0 fully saturated rings. The number of halogens is 2. The SMILES string of the molecule is CCN(CC)[C@@H](CNC(=S)Nc1ccc(SC(F)F)cc1)c1ccccc1. The number of likely N-dealkylation sites (N-methyl/N-ethyl adjacent to an activating group) is 1. The molecular formula is C20H25F2N3S2. The van der Waals surface area contributed by atoms with E-state index in [0.29, 0.717) is 28.3 Å². The number of nitrogens with one attached hydrogen (secondary N) is 2. The molecule has 0 saturated heterocycles. The van der Waals surface area contributed by atoms with Crippen LogP contribution in [0.1, 0.15) is 25.5 Å². The molecule has 0 bridgehead atoms. The second-order valence-corrected chi connectivity index (χ2v) is 7.36. The van der Waals surface area contributed by atoms with Crippen molar-refractivity contribution in [3.05, 3.63) is 60.2 Å². The third-order valence-corrected chi connectivity index (χ3v) is 5.20. The van der Waals surface area contributed by atoms with Crippen LogP contribution in [0.2, 0.25) is 0 Å². The Morgan fingerprint density at radius 3 is 2.22 bits per heavy atom. The van der Waals surface area contributed by atoms with Crippen LogP contribution in [0.3, 0.4) is 0 Å². The predicted molar refractivity (Wildman–Crippen MR) is 115 cm³/mol. The molecule has 0 aliphatic rings. The Hall–Kier alpha value is -1.70. The van der Waals surface area contributed by atoms with E-state index in [1.54, 1.807) is 24.3 Å². The molecule has 0 aliphatic carbocycles. The summed E-state index contributed by atoms with van der Waals surface area (Å²) >= 11 is 5.93. The van der Waals surface area contributed by atoms with Gasteiger partial charge in [-0.15, -0.1) is 0 Å². The monoisotopic (exact) mass is 409 g/mol. The van der Waals surface area contributed by atoms with Crippen molar-refractivity contribution in [1.29, 1.82) is 0 Å². The minimum atomic E-state index is -2.42. The number of alkyl halides is 2. The summed E-state index contributed by atoms with van der Waals surface area (Å²) in [5, 5.41) is 6.90. The zero-order valence-electron chi connectivity index (χ0n) is 15.5.